The van der Waals surface area contributed by atoms with Gasteiger partial charge in [0.25, 0.3) is 5.91 Å². The van der Waals surface area contributed by atoms with Gasteiger partial charge in [0, 0.05) is 14.2 Å². The minimum absolute atomic E-state index is 0.0273. The van der Waals surface area contributed by atoms with Gasteiger partial charge in [0.15, 0.2) is 0 Å². The highest BCUT2D eigenvalue weighted by Crippen LogP contribution is 2.21. The molecule has 0 heterocycles. The number of carbonyl (C=O) groups is 1. The van der Waals surface area contributed by atoms with Crippen LogP contribution in [-0.4, -0.2) is 5.91 Å². The van der Waals surface area contributed by atoms with Crippen molar-refractivity contribution in [2.24, 2.45) is 0 Å². The highest BCUT2D eigenvalue weighted by Gasteiger charge is 2.14. The van der Waals surface area contributed by atoms with Gasteiger partial charge in [-0.15, -0.1) is 0 Å². The summed E-state index contributed by atoms with van der Waals surface area (Å²) in [5.41, 5.74) is 1.70. The number of rotatable bonds is 4. The first-order valence-electron chi connectivity index (χ1n) is 6.42. The lowest BCUT2D eigenvalue weighted by Crippen LogP contribution is -2.28. The molecular formula is C16H15ClINO. The quantitative estimate of drug-likeness (QED) is 0.733. The average Bonchev–Trinajstić information content (AvgIpc) is 2.45. The topological polar surface area (TPSA) is 29.1 Å². The maximum atomic E-state index is 12.2. The minimum atomic E-state index is -0.0618. The number of hydrogen-bond acceptors (Lipinski definition) is 1. The monoisotopic (exact) mass is 399 g/mol. The molecule has 0 aromatic heterocycles. The van der Waals surface area contributed by atoms with Gasteiger partial charge in [0.2, 0.25) is 0 Å². The van der Waals surface area contributed by atoms with Crippen LogP contribution >= 0.6 is 34.2 Å². The van der Waals surface area contributed by atoms with E-state index < -0.39 is 0 Å². The van der Waals surface area contributed by atoms with Gasteiger partial charge in [-0.2, -0.15) is 0 Å². The van der Waals surface area contributed by atoms with E-state index in [1.165, 1.54) is 0 Å². The molecule has 2 nitrogen and oxygen atoms in total. The Labute approximate surface area is 137 Å². The van der Waals surface area contributed by atoms with Gasteiger partial charge in [-0.1, -0.05) is 30.7 Å². The van der Waals surface area contributed by atoms with E-state index in [1.54, 1.807) is 0 Å². The van der Waals surface area contributed by atoms with Gasteiger partial charge in [-0.3, -0.25) is 4.79 Å². The summed E-state index contributed by atoms with van der Waals surface area (Å²) < 4.78 is 1.11. The largest absolute Gasteiger partial charge is 0.345 e. The minimum Gasteiger partial charge on any atom is -0.345 e. The molecule has 0 fully saturated rings. The Morgan fingerprint density at radius 2 is 1.95 bits per heavy atom. The summed E-state index contributed by atoms with van der Waals surface area (Å²) in [5.74, 6) is -0.0618. The van der Waals surface area contributed by atoms with E-state index in [-0.39, 0.29) is 11.9 Å². The molecular weight excluding hydrogens is 385 g/mol. The molecule has 1 N–H and O–H groups in total. The lowest BCUT2D eigenvalue weighted by molar-refractivity contribution is 0.0935. The molecule has 0 saturated heterocycles. The SMILES string of the molecule is CCC(NC(=O)c1ccc(I)cc1)c1cccc(Cl)c1. The number of benzene rings is 2. The summed E-state index contributed by atoms with van der Waals surface area (Å²) in [6.07, 6.45) is 0.816. The summed E-state index contributed by atoms with van der Waals surface area (Å²) in [5, 5.41) is 3.73. The number of amides is 1. The van der Waals surface area contributed by atoms with Crippen LogP contribution in [-0.2, 0) is 0 Å². The van der Waals surface area contributed by atoms with E-state index in [1.807, 2.05) is 55.5 Å². The molecule has 0 aliphatic heterocycles. The van der Waals surface area contributed by atoms with E-state index in [9.17, 15) is 4.79 Å². The molecule has 1 unspecified atom stereocenters. The van der Waals surface area contributed by atoms with E-state index >= 15 is 0 Å². The second-order valence-electron chi connectivity index (χ2n) is 4.50. The summed E-state index contributed by atoms with van der Waals surface area (Å²) in [4.78, 5) is 12.2. The molecule has 0 aliphatic carbocycles. The normalized spacial score (nSPS) is 11.9. The van der Waals surface area contributed by atoms with E-state index in [0.717, 1.165) is 15.6 Å². The molecule has 2 rings (SSSR count). The van der Waals surface area contributed by atoms with Crippen molar-refractivity contribution in [1.82, 2.24) is 5.32 Å². The van der Waals surface area contributed by atoms with E-state index in [0.29, 0.717) is 10.6 Å². The smallest absolute Gasteiger partial charge is 0.251 e. The fourth-order valence-electron chi connectivity index (χ4n) is 1.99. The number of halogens is 2. The summed E-state index contributed by atoms with van der Waals surface area (Å²) in [6, 6.07) is 15.1. The number of nitrogens with one attached hydrogen (secondary N) is 1. The zero-order valence-corrected chi connectivity index (χ0v) is 14.0. The summed E-state index contributed by atoms with van der Waals surface area (Å²) in [6.45, 7) is 2.04. The van der Waals surface area contributed by atoms with Crippen molar-refractivity contribution < 1.29 is 4.79 Å². The van der Waals surface area contributed by atoms with Crippen molar-refractivity contribution in [3.63, 3.8) is 0 Å². The molecule has 2 aromatic rings. The third-order valence-corrected chi connectivity index (χ3v) is 4.03. The maximum absolute atomic E-state index is 12.2. The molecule has 0 radical (unpaired) electrons. The molecule has 0 bridgehead atoms. The Morgan fingerprint density at radius 1 is 1.25 bits per heavy atom. The zero-order chi connectivity index (χ0) is 14.5. The van der Waals surface area contributed by atoms with E-state index in [2.05, 4.69) is 27.9 Å². The van der Waals surface area contributed by atoms with Crippen LogP contribution in [0.5, 0.6) is 0 Å². The van der Waals surface area contributed by atoms with Gasteiger partial charge >= 0.3 is 0 Å². The molecule has 1 amide bonds. The lowest BCUT2D eigenvalue weighted by Gasteiger charge is -2.17. The van der Waals surface area contributed by atoms with Crippen molar-refractivity contribution in [3.8, 4) is 0 Å². The Hall–Kier alpha value is -1.07. The van der Waals surface area contributed by atoms with Gasteiger partial charge in [-0.05, 0) is 71.0 Å². The third-order valence-electron chi connectivity index (χ3n) is 3.07. The van der Waals surface area contributed by atoms with Crippen LogP contribution in [0.1, 0.15) is 35.3 Å². The van der Waals surface area contributed by atoms with Crippen LogP contribution in [0.25, 0.3) is 0 Å². The molecule has 0 spiro atoms. The lowest BCUT2D eigenvalue weighted by atomic mass is 10.0. The number of carbonyl (C=O) groups excluding carboxylic acids is 1. The molecule has 0 aliphatic rings. The molecule has 104 valence electrons. The second-order valence-corrected chi connectivity index (χ2v) is 6.18. The fourth-order valence-corrected chi connectivity index (χ4v) is 2.55. The highest BCUT2D eigenvalue weighted by atomic mass is 127. The molecule has 20 heavy (non-hydrogen) atoms. The third kappa shape index (κ3) is 3.96. The van der Waals surface area contributed by atoms with Crippen LogP contribution in [0.3, 0.4) is 0 Å². The van der Waals surface area contributed by atoms with Crippen LogP contribution in [0.4, 0.5) is 0 Å². The Morgan fingerprint density at radius 3 is 2.55 bits per heavy atom. The first-order valence-corrected chi connectivity index (χ1v) is 7.87. The molecule has 0 saturated carbocycles. The first-order chi connectivity index (χ1) is 9.60. The van der Waals surface area contributed by atoms with Crippen molar-refractivity contribution in [1.29, 1.82) is 0 Å². The average molecular weight is 400 g/mol. The van der Waals surface area contributed by atoms with Crippen molar-refractivity contribution in [2.75, 3.05) is 0 Å². The summed E-state index contributed by atoms with van der Waals surface area (Å²) in [7, 11) is 0. The second kappa shape index (κ2) is 7.09. The van der Waals surface area contributed by atoms with Crippen molar-refractivity contribution >= 4 is 40.1 Å². The predicted octanol–water partition coefficient (Wildman–Crippen LogP) is 4.83. The standard InChI is InChI=1S/C16H15ClINO/c1-2-15(12-4-3-5-13(17)10-12)19-16(20)11-6-8-14(18)9-7-11/h3-10,15H,2H2,1H3,(H,19,20). The number of hydrogen-bond donors (Lipinski definition) is 1. The van der Waals surface area contributed by atoms with Gasteiger partial charge in [-0.25, -0.2) is 0 Å². The van der Waals surface area contributed by atoms with Gasteiger partial charge < -0.3 is 5.32 Å². The van der Waals surface area contributed by atoms with Crippen LogP contribution in [0, 0.1) is 3.57 Å². The highest BCUT2D eigenvalue weighted by molar-refractivity contribution is 14.1. The zero-order valence-electron chi connectivity index (χ0n) is 11.1. The molecule has 2 aromatic carbocycles. The van der Waals surface area contributed by atoms with Crippen molar-refractivity contribution in [2.45, 2.75) is 19.4 Å². The fraction of sp³-hybridized carbons (Fsp3) is 0.188. The van der Waals surface area contributed by atoms with Crippen LogP contribution in [0.2, 0.25) is 5.02 Å². The maximum Gasteiger partial charge on any atom is 0.251 e. The summed E-state index contributed by atoms with van der Waals surface area (Å²) >= 11 is 8.22. The molecule has 1 atom stereocenters. The first kappa shape index (κ1) is 15.3. The van der Waals surface area contributed by atoms with E-state index in [4.69, 9.17) is 11.6 Å². The van der Waals surface area contributed by atoms with Crippen LogP contribution < -0.4 is 5.32 Å². The Bertz CT molecular complexity index is 598. The van der Waals surface area contributed by atoms with Gasteiger partial charge in [0.1, 0.15) is 0 Å². The molecule has 4 heteroatoms. The van der Waals surface area contributed by atoms with Gasteiger partial charge in [0.05, 0.1) is 6.04 Å². The Balaban J connectivity index is 2.14. The van der Waals surface area contributed by atoms with Crippen molar-refractivity contribution in [3.05, 3.63) is 68.3 Å². The predicted molar refractivity (Wildman–Crippen MR) is 91.1 cm³/mol. The Kier molecular flexibility index (Phi) is 5.43. The van der Waals surface area contributed by atoms with Crippen LogP contribution in [0.15, 0.2) is 48.5 Å².